The molecule has 33 heavy (non-hydrogen) atoms. The van der Waals surface area contributed by atoms with Crippen molar-refractivity contribution in [3.05, 3.63) is 11.6 Å². The first-order valence-electron chi connectivity index (χ1n) is 14.9. The van der Waals surface area contributed by atoms with E-state index in [1.165, 1.54) is 116 Å². The van der Waals surface area contributed by atoms with Gasteiger partial charge in [0.25, 0.3) is 0 Å². The van der Waals surface area contributed by atoms with Gasteiger partial charge in [-0.2, -0.15) is 0 Å². The summed E-state index contributed by atoms with van der Waals surface area (Å²) in [5.41, 5.74) is 2.84. The van der Waals surface area contributed by atoms with Crippen molar-refractivity contribution in [2.75, 3.05) is 39.3 Å². The molecular formula is C30H50N2O. The Morgan fingerprint density at radius 3 is 2.52 bits per heavy atom. The van der Waals surface area contributed by atoms with Gasteiger partial charge in [0.05, 0.1) is 6.10 Å². The second-order valence-corrected chi connectivity index (χ2v) is 13.3. The maximum Gasteiger partial charge on any atom is 0.0612 e. The summed E-state index contributed by atoms with van der Waals surface area (Å²) in [7, 11) is 0. The van der Waals surface area contributed by atoms with Crippen molar-refractivity contribution < 1.29 is 4.74 Å². The molecule has 3 heteroatoms. The van der Waals surface area contributed by atoms with Crippen molar-refractivity contribution in [2.45, 2.75) is 109 Å². The fourth-order valence-electron chi connectivity index (χ4n) is 9.94. The lowest BCUT2D eigenvalue weighted by atomic mass is 9.47. The van der Waals surface area contributed by atoms with Gasteiger partial charge in [-0.3, -0.25) is 4.90 Å². The smallest absolute Gasteiger partial charge is 0.0612 e. The van der Waals surface area contributed by atoms with Gasteiger partial charge in [-0.1, -0.05) is 25.5 Å². The maximum absolute atomic E-state index is 6.46. The predicted molar refractivity (Wildman–Crippen MR) is 136 cm³/mol. The Bertz CT molecular complexity index is 723. The van der Waals surface area contributed by atoms with Crippen LogP contribution in [0.2, 0.25) is 0 Å². The Labute approximate surface area is 203 Å². The second kappa shape index (κ2) is 9.25. The van der Waals surface area contributed by atoms with Crippen LogP contribution >= 0.6 is 0 Å². The highest BCUT2D eigenvalue weighted by Gasteiger charge is 2.59. The quantitative estimate of drug-likeness (QED) is 0.347. The molecule has 3 saturated carbocycles. The molecule has 7 atom stereocenters. The van der Waals surface area contributed by atoms with E-state index in [0.717, 1.165) is 30.4 Å². The van der Waals surface area contributed by atoms with Crippen LogP contribution in [0.3, 0.4) is 0 Å². The maximum atomic E-state index is 6.46. The van der Waals surface area contributed by atoms with Crippen LogP contribution in [0.25, 0.3) is 0 Å². The van der Waals surface area contributed by atoms with Crippen molar-refractivity contribution in [2.24, 2.45) is 28.6 Å². The molecule has 4 aliphatic carbocycles. The molecule has 0 aromatic carbocycles. The first-order valence-corrected chi connectivity index (χ1v) is 14.9. The minimum absolute atomic E-state index is 0.464. The van der Waals surface area contributed by atoms with Crippen LogP contribution in [0.1, 0.15) is 97.3 Å². The Morgan fingerprint density at radius 2 is 1.70 bits per heavy atom. The van der Waals surface area contributed by atoms with Crippen LogP contribution in [-0.4, -0.2) is 61.3 Å². The van der Waals surface area contributed by atoms with Crippen molar-refractivity contribution >= 4 is 0 Å². The average Bonchev–Trinajstić information content (AvgIpc) is 3.57. The van der Waals surface area contributed by atoms with Gasteiger partial charge in [-0.05, 0) is 138 Å². The van der Waals surface area contributed by atoms with Crippen molar-refractivity contribution in [3.63, 3.8) is 0 Å². The Morgan fingerprint density at radius 1 is 0.909 bits per heavy atom. The molecule has 0 radical (unpaired) electrons. The lowest BCUT2D eigenvalue weighted by Crippen LogP contribution is -2.53. The Balaban J connectivity index is 1.08. The van der Waals surface area contributed by atoms with Crippen molar-refractivity contribution in [1.29, 1.82) is 0 Å². The molecule has 0 amide bonds. The minimum Gasteiger partial charge on any atom is -0.378 e. The van der Waals surface area contributed by atoms with Crippen LogP contribution in [0.5, 0.6) is 0 Å². The zero-order valence-corrected chi connectivity index (χ0v) is 21.7. The van der Waals surface area contributed by atoms with Crippen LogP contribution < -0.4 is 0 Å². The molecule has 5 fully saturated rings. The summed E-state index contributed by atoms with van der Waals surface area (Å²) in [6.07, 6.45) is 21.3. The monoisotopic (exact) mass is 454 g/mol. The number of ether oxygens (including phenoxy) is 1. The first kappa shape index (κ1) is 23.0. The van der Waals surface area contributed by atoms with Crippen molar-refractivity contribution in [3.8, 4) is 0 Å². The summed E-state index contributed by atoms with van der Waals surface area (Å²) in [5, 5.41) is 0. The molecule has 2 aliphatic heterocycles. The molecule has 0 N–H and O–H groups in total. The zero-order chi connectivity index (χ0) is 22.5. The van der Waals surface area contributed by atoms with Gasteiger partial charge < -0.3 is 9.64 Å². The van der Waals surface area contributed by atoms with E-state index in [1.54, 1.807) is 5.57 Å². The van der Waals surface area contributed by atoms with Crippen LogP contribution in [-0.2, 0) is 4.74 Å². The van der Waals surface area contributed by atoms with Crippen LogP contribution in [0.4, 0.5) is 0 Å². The molecule has 2 heterocycles. The molecule has 6 rings (SSSR count). The van der Waals surface area contributed by atoms with E-state index in [-0.39, 0.29) is 0 Å². The number of allylic oxidation sites excluding steroid dienone is 1. The SMILES string of the molecule is C[C@]12CC[C@H]3[C@@H](CC=C4C[C@@H](OCCCN5CCCC5)CC[C@@]43C)[C@@H]1CC[C@@H]2N1CCCC1. The number of rotatable bonds is 6. The highest BCUT2D eigenvalue weighted by molar-refractivity contribution is 5.25. The number of hydrogen-bond acceptors (Lipinski definition) is 3. The van der Waals surface area contributed by atoms with E-state index in [4.69, 9.17) is 4.74 Å². The molecular weight excluding hydrogens is 404 g/mol. The van der Waals surface area contributed by atoms with Gasteiger partial charge in [0, 0.05) is 19.2 Å². The van der Waals surface area contributed by atoms with Gasteiger partial charge in [-0.25, -0.2) is 0 Å². The summed E-state index contributed by atoms with van der Waals surface area (Å²) in [6.45, 7) is 13.0. The molecule has 0 aromatic heterocycles. The standard InChI is InChI=1S/C30H50N2O/c1-29-14-12-24(33-21-7-18-31-16-3-4-17-31)22-23(29)8-9-25-26-10-11-28(32-19-5-6-20-32)30(26,2)15-13-27(25)29/h8,24-28H,3-7,9-22H2,1-2H3/t24-,25-,26-,27-,28-,29-,30-/m0/s1. The Kier molecular flexibility index (Phi) is 6.46. The van der Waals surface area contributed by atoms with Gasteiger partial charge in [0.15, 0.2) is 0 Å². The fourth-order valence-corrected chi connectivity index (χ4v) is 9.94. The van der Waals surface area contributed by atoms with Gasteiger partial charge in [-0.15, -0.1) is 0 Å². The zero-order valence-electron chi connectivity index (χ0n) is 21.7. The molecule has 0 unspecified atom stereocenters. The van der Waals surface area contributed by atoms with E-state index in [0.29, 0.717) is 16.9 Å². The molecule has 0 spiro atoms. The average molecular weight is 455 g/mol. The third-order valence-corrected chi connectivity index (χ3v) is 11.8. The predicted octanol–water partition coefficient (Wildman–Crippen LogP) is 6.28. The number of nitrogens with zero attached hydrogens (tertiary/aromatic N) is 2. The van der Waals surface area contributed by atoms with E-state index in [1.807, 2.05) is 0 Å². The summed E-state index contributed by atoms with van der Waals surface area (Å²) in [6, 6.07) is 0.883. The third kappa shape index (κ3) is 4.06. The summed E-state index contributed by atoms with van der Waals surface area (Å²) < 4.78 is 6.46. The largest absolute Gasteiger partial charge is 0.378 e. The molecule has 2 saturated heterocycles. The van der Waals surface area contributed by atoms with Gasteiger partial charge >= 0.3 is 0 Å². The summed E-state index contributed by atoms with van der Waals surface area (Å²) in [5.74, 6) is 2.85. The van der Waals surface area contributed by atoms with Crippen LogP contribution in [0, 0.1) is 28.6 Å². The molecule has 0 aromatic rings. The summed E-state index contributed by atoms with van der Waals surface area (Å²) >= 11 is 0. The normalized spacial score (nSPS) is 46.1. The highest BCUT2D eigenvalue weighted by atomic mass is 16.5. The molecule has 186 valence electrons. The molecule has 3 nitrogen and oxygen atoms in total. The molecule has 0 bridgehead atoms. The Hall–Kier alpha value is -0.380. The fraction of sp³-hybridized carbons (Fsp3) is 0.933. The van der Waals surface area contributed by atoms with Crippen LogP contribution in [0.15, 0.2) is 11.6 Å². The van der Waals surface area contributed by atoms with E-state index in [2.05, 4.69) is 29.7 Å². The first-order chi connectivity index (χ1) is 16.1. The molecule has 6 aliphatic rings. The number of fused-ring (bicyclic) bond motifs is 5. The van der Waals surface area contributed by atoms with Gasteiger partial charge in [0.1, 0.15) is 0 Å². The van der Waals surface area contributed by atoms with E-state index < -0.39 is 0 Å². The third-order valence-electron chi connectivity index (χ3n) is 11.8. The van der Waals surface area contributed by atoms with Crippen molar-refractivity contribution in [1.82, 2.24) is 9.80 Å². The number of likely N-dealkylation sites (tertiary alicyclic amines) is 2. The lowest BCUT2D eigenvalue weighted by molar-refractivity contribution is -0.0635. The van der Waals surface area contributed by atoms with E-state index in [9.17, 15) is 0 Å². The van der Waals surface area contributed by atoms with Gasteiger partial charge in [0.2, 0.25) is 0 Å². The van der Waals surface area contributed by atoms with E-state index >= 15 is 0 Å². The minimum atomic E-state index is 0.464. The topological polar surface area (TPSA) is 15.7 Å². The second-order valence-electron chi connectivity index (χ2n) is 13.3. The summed E-state index contributed by atoms with van der Waals surface area (Å²) in [4.78, 5) is 5.53. The lowest BCUT2D eigenvalue weighted by Gasteiger charge is -2.58. The number of hydrogen-bond donors (Lipinski definition) is 0. The highest BCUT2D eigenvalue weighted by Crippen LogP contribution is 2.65.